The Bertz CT molecular complexity index is 470. The minimum absolute atomic E-state index is 0.275. The molecule has 0 aliphatic carbocycles. The van der Waals surface area contributed by atoms with Gasteiger partial charge in [-0.05, 0) is 29.9 Å². The van der Waals surface area contributed by atoms with Crippen molar-refractivity contribution in [2.45, 2.75) is 59.7 Å². The third-order valence-electron chi connectivity index (χ3n) is 4.71. The number of rotatable bonds is 12. The first kappa shape index (κ1) is 20.5. The number of carbonyl (C=O) groups is 1. The summed E-state index contributed by atoms with van der Waals surface area (Å²) in [4.78, 5) is 21.5. The van der Waals surface area contributed by atoms with Crippen LogP contribution in [0.15, 0.2) is 30.3 Å². The second kappa shape index (κ2) is 10.3. The van der Waals surface area contributed by atoms with Crippen LogP contribution >= 0.6 is 0 Å². The third-order valence-corrected chi connectivity index (χ3v) is 4.71. The van der Waals surface area contributed by atoms with Crippen LogP contribution in [0.2, 0.25) is 0 Å². The van der Waals surface area contributed by atoms with Crippen molar-refractivity contribution in [3.63, 3.8) is 0 Å². The monoisotopic (exact) mass is 338 g/mol. The highest BCUT2D eigenvalue weighted by Gasteiger charge is 2.26. The van der Waals surface area contributed by atoms with Gasteiger partial charge in [-0.3, -0.25) is 0 Å². The van der Waals surface area contributed by atoms with Crippen molar-refractivity contribution in [1.82, 2.24) is 0 Å². The standard InChI is InChI=1S/C19H30O5/c1-5-15(13-19(4,6-2)7-3)14-22-24-18(17(20)21)23-16-11-9-8-10-12-16/h8-12,15,18H,5-7,13-14H2,1-4H3,(H,20,21). The largest absolute Gasteiger partial charge is 0.477 e. The van der Waals surface area contributed by atoms with Crippen LogP contribution in [0.4, 0.5) is 0 Å². The number of hydrogen-bond acceptors (Lipinski definition) is 4. The minimum atomic E-state index is -1.48. The van der Waals surface area contributed by atoms with Gasteiger partial charge < -0.3 is 9.84 Å². The number of benzene rings is 1. The highest BCUT2D eigenvalue weighted by Crippen LogP contribution is 2.34. The molecule has 0 aliphatic rings. The summed E-state index contributed by atoms with van der Waals surface area (Å²) in [6, 6.07) is 8.69. The highest BCUT2D eigenvalue weighted by atomic mass is 17.2. The normalized spacial score (nSPS) is 14.2. The molecule has 0 aromatic heterocycles. The number of ether oxygens (including phenoxy) is 1. The van der Waals surface area contributed by atoms with Crippen LogP contribution in [-0.4, -0.2) is 24.0 Å². The number of aliphatic carboxylic acids is 1. The van der Waals surface area contributed by atoms with E-state index in [-0.39, 0.29) is 5.41 Å². The van der Waals surface area contributed by atoms with E-state index in [9.17, 15) is 9.90 Å². The van der Waals surface area contributed by atoms with E-state index in [4.69, 9.17) is 14.5 Å². The first-order valence-corrected chi connectivity index (χ1v) is 8.66. The van der Waals surface area contributed by atoms with E-state index in [1.54, 1.807) is 24.3 Å². The van der Waals surface area contributed by atoms with Crippen molar-refractivity contribution >= 4 is 5.97 Å². The van der Waals surface area contributed by atoms with Gasteiger partial charge in [0.25, 0.3) is 0 Å². The smallest absolute Gasteiger partial charge is 0.376 e. The van der Waals surface area contributed by atoms with Crippen molar-refractivity contribution in [3.8, 4) is 5.75 Å². The molecule has 0 heterocycles. The van der Waals surface area contributed by atoms with E-state index >= 15 is 0 Å². The van der Waals surface area contributed by atoms with Gasteiger partial charge in [0.05, 0.1) is 6.61 Å². The fraction of sp³-hybridized carbons (Fsp3) is 0.632. The van der Waals surface area contributed by atoms with E-state index in [1.165, 1.54) is 0 Å². The van der Waals surface area contributed by atoms with Crippen LogP contribution in [0.3, 0.4) is 0 Å². The van der Waals surface area contributed by atoms with Crippen LogP contribution < -0.4 is 4.74 Å². The molecule has 0 bridgehead atoms. The quantitative estimate of drug-likeness (QED) is 0.341. The Morgan fingerprint density at radius 1 is 1.17 bits per heavy atom. The summed E-state index contributed by atoms with van der Waals surface area (Å²) >= 11 is 0. The van der Waals surface area contributed by atoms with Crippen LogP contribution in [0.1, 0.15) is 53.4 Å². The molecule has 1 aromatic carbocycles. The minimum Gasteiger partial charge on any atom is -0.477 e. The lowest BCUT2D eigenvalue weighted by atomic mass is 9.76. The van der Waals surface area contributed by atoms with E-state index in [0.29, 0.717) is 18.3 Å². The zero-order chi connectivity index (χ0) is 18.0. The second-order valence-corrected chi connectivity index (χ2v) is 6.48. The summed E-state index contributed by atoms with van der Waals surface area (Å²) < 4.78 is 5.29. The number of hydrogen-bond donors (Lipinski definition) is 1. The molecule has 0 saturated carbocycles. The molecule has 24 heavy (non-hydrogen) atoms. The van der Waals surface area contributed by atoms with Crippen molar-refractivity contribution in [2.75, 3.05) is 6.61 Å². The molecule has 2 atom stereocenters. The van der Waals surface area contributed by atoms with Gasteiger partial charge in [0.1, 0.15) is 5.75 Å². The first-order chi connectivity index (χ1) is 11.4. The average molecular weight is 338 g/mol. The summed E-state index contributed by atoms with van der Waals surface area (Å²) in [5.41, 5.74) is 0.275. The number of carboxylic acid groups (broad SMARTS) is 1. The lowest BCUT2D eigenvalue weighted by molar-refractivity contribution is -0.359. The van der Waals surface area contributed by atoms with Gasteiger partial charge in [0.15, 0.2) is 0 Å². The van der Waals surface area contributed by atoms with Crippen molar-refractivity contribution in [3.05, 3.63) is 30.3 Å². The van der Waals surface area contributed by atoms with Gasteiger partial charge in [-0.15, -0.1) is 0 Å². The maximum Gasteiger partial charge on any atom is 0.376 e. The fourth-order valence-electron chi connectivity index (χ4n) is 2.49. The molecular weight excluding hydrogens is 308 g/mol. The molecule has 0 aliphatic heterocycles. The van der Waals surface area contributed by atoms with Crippen LogP contribution in [0.25, 0.3) is 0 Å². The average Bonchev–Trinajstić information content (AvgIpc) is 2.60. The molecule has 0 saturated heterocycles. The molecule has 1 N–H and O–H groups in total. The Morgan fingerprint density at radius 3 is 2.29 bits per heavy atom. The van der Waals surface area contributed by atoms with Gasteiger partial charge in [-0.2, -0.15) is 4.89 Å². The molecule has 2 unspecified atom stereocenters. The number of carboxylic acids is 1. The zero-order valence-electron chi connectivity index (χ0n) is 15.2. The fourth-order valence-corrected chi connectivity index (χ4v) is 2.49. The van der Waals surface area contributed by atoms with Crippen LogP contribution in [0.5, 0.6) is 5.75 Å². The molecule has 0 fully saturated rings. The second-order valence-electron chi connectivity index (χ2n) is 6.48. The summed E-state index contributed by atoms with van der Waals surface area (Å²) in [7, 11) is 0. The molecule has 136 valence electrons. The maximum atomic E-state index is 11.2. The van der Waals surface area contributed by atoms with Crippen molar-refractivity contribution < 1.29 is 24.4 Å². The van der Waals surface area contributed by atoms with Crippen LogP contribution in [-0.2, 0) is 14.6 Å². The molecule has 5 nitrogen and oxygen atoms in total. The van der Waals surface area contributed by atoms with Gasteiger partial charge >= 0.3 is 12.3 Å². The Kier molecular flexibility index (Phi) is 8.79. The van der Waals surface area contributed by atoms with Gasteiger partial charge in [0, 0.05) is 0 Å². The van der Waals surface area contributed by atoms with Crippen molar-refractivity contribution in [2.24, 2.45) is 11.3 Å². The highest BCUT2D eigenvalue weighted by molar-refractivity contribution is 5.71. The summed E-state index contributed by atoms with van der Waals surface area (Å²) in [5, 5.41) is 9.19. The zero-order valence-corrected chi connectivity index (χ0v) is 15.2. The van der Waals surface area contributed by atoms with Crippen molar-refractivity contribution in [1.29, 1.82) is 0 Å². The van der Waals surface area contributed by atoms with E-state index < -0.39 is 12.3 Å². The molecular formula is C19H30O5. The Labute approximate surface area is 144 Å². The Morgan fingerprint density at radius 2 is 1.79 bits per heavy atom. The topological polar surface area (TPSA) is 65.0 Å². The molecule has 0 spiro atoms. The molecule has 1 rings (SSSR count). The SMILES string of the molecule is CCC(COOC(Oc1ccccc1)C(=O)O)CC(C)(CC)CC. The summed E-state index contributed by atoms with van der Waals surface area (Å²) in [5.74, 6) is -0.481. The Balaban J connectivity index is 2.50. The first-order valence-electron chi connectivity index (χ1n) is 8.66. The lowest BCUT2D eigenvalue weighted by Gasteiger charge is -2.31. The third kappa shape index (κ3) is 6.89. The maximum absolute atomic E-state index is 11.2. The van der Waals surface area contributed by atoms with E-state index in [1.807, 2.05) is 6.07 Å². The lowest BCUT2D eigenvalue weighted by Crippen LogP contribution is -2.31. The van der Waals surface area contributed by atoms with E-state index in [2.05, 4.69) is 27.7 Å². The van der Waals surface area contributed by atoms with Gasteiger partial charge in [0.2, 0.25) is 0 Å². The predicted octanol–water partition coefficient (Wildman–Crippen LogP) is 4.67. The molecule has 0 radical (unpaired) electrons. The van der Waals surface area contributed by atoms with Crippen LogP contribution in [0, 0.1) is 11.3 Å². The predicted molar refractivity (Wildman–Crippen MR) is 92.6 cm³/mol. The summed E-state index contributed by atoms with van der Waals surface area (Å²) in [6.07, 6.45) is 2.72. The molecule has 1 aromatic rings. The molecule has 0 amide bonds. The summed E-state index contributed by atoms with van der Waals surface area (Å²) in [6.45, 7) is 9.13. The Hall–Kier alpha value is -1.59. The number of para-hydroxylation sites is 1. The van der Waals surface area contributed by atoms with Gasteiger partial charge in [-0.25, -0.2) is 9.68 Å². The molecule has 5 heteroatoms. The van der Waals surface area contributed by atoms with Gasteiger partial charge in [-0.1, -0.05) is 65.2 Å². The van der Waals surface area contributed by atoms with E-state index in [0.717, 1.165) is 25.7 Å².